The molecule has 0 aliphatic rings. The van der Waals surface area contributed by atoms with E-state index in [0.717, 1.165) is 17.8 Å². The van der Waals surface area contributed by atoms with Gasteiger partial charge in [0.2, 0.25) is 0 Å². The molecule has 0 amide bonds. The number of hydrogen-bond donors (Lipinski definition) is 2. The molecule has 2 rings (SSSR count). The Hall–Kier alpha value is -1.49. The van der Waals surface area contributed by atoms with Crippen LogP contribution in [-0.2, 0) is 5.41 Å². The minimum Gasteiger partial charge on any atom is -0.339 e. The maximum absolute atomic E-state index is 5.78. The molecular weight excluding hydrogens is 190 g/mol. The average molecular weight is 205 g/mol. The molecule has 1 atom stereocenters. The summed E-state index contributed by atoms with van der Waals surface area (Å²) in [5, 5.41) is 0. The number of aromatic amines is 1. The minimum atomic E-state index is -0.110. The molecule has 0 saturated heterocycles. The molecule has 0 aliphatic heterocycles. The van der Waals surface area contributed by atoms with E-state index in [0.29, 0.717) is 12.2 Å². The molecule has 0 aliphatic carbocycles. The van der Waals surface area contributed by atoms with Crippen molar-refractivity contribution in [1.29, 1.82) is 0 Å². The minimum absolute atomic E-state index is 0.110. The van der Waals surface area contributed by atoms with Crippen LogP contribution in [0.5, 0.6) is 0 Å². The second-order valence-electron chi connectivity index (χ2n) is 3.96. The molecule has 0 fully saturated rings. The maximum Gasteiger partial charge on any atom is 0.180 e. The zero-order chi connectivity index (χ0) is 10.9. The van der Waals surface area contributed by atoms with Gasteiger partial charge >= 0.3 is 0 Å². The molecule has 80 valence electrons. The Kier molecular flexibility index (Phi) is 2.40. The van der Waals surface area contributed by atoms with Crippen molar-refractivity contribution in [3.05, 3.63) is 18.3 Å². The van der Waals surface area contributed by atoms with E-state index in [2.05, 4.69) is 33.8 Å². The van der Waals surface area contributed by atoms with Gasteiger partial charge < -0.3 is 10.7 Å². The molecule has 0 bridgehead atoms. The van der Waals surface area contributed by atoms with Gasteiger partial charge in [-0.2, -0.15) is 0 Å². The third-order valence-corrected chi connectivity index (χ3v) is 2.96. The van der Waals surface area contributed by atoms with E-state index in [1.165, 1.54) is 6.33 Å². The van der Waals surface area contributed by atoms with Crippen LogP contribution in [0.4, 0.5) is 0 Å². The van der Waals surface area contributed by atoms with E-state index >= 15 is 0 Å². The number of nitrogens with two attached hydrogens (primary N) is 1. The van der Waals surface area contributed by atoms with Gasteiger partial charge in [-0.3, -0.25) is 0 Å². The lowest BCUT2D eigenvalue weighted by Crippen LogP contribution is -2.32. The third-order valence-electron chi connectivity index (χ3n) is 2.96. The molecule has 5 heteroatoms. The van der Waals surface area contributed by atoms with Crippen LogP contribution in [0, 0.1) is 0 Å². The standard InChI is InChI=1S/C10H15N5/c1-3-10(2,5-11)9-14-7-4-12-6-13-8(7)15-9/h4,6H,3,5,11H2,1-2H3,(H,12,13,14,15). The maximum atomic E-state index is 5.78. The number of H-pyrrole nitrogens is 1. The summed E-state index contributed by atoms with van der Waals surface area (Å²) in [7, 11) is 0. The predicted molar refractivity (Wildman–Crippen MR) is 58.4 cm³/mol. The Balaban J connectivity index is 2.52. The number of fused-ring (bicyclic) bond motifs is 1. The van der Waals surface area contributed by atoms with E-state index in [9.17, 15) is 0 Å². The van der Waals surface area contributed by atoms with Gasteiger partial charge in [-0.25, -0.2) is 15.0 Å². The summed E-state index contributed by atoms with van der Waals surface area (Å²) in [6.07, 6.45) is 4.17. The zero-order valence-electron chi connectivity index (χ0n) is 8.99. The SMILES string of the molecule is CCC(C)(CN)c1nc2ncncc2[nH]1. The second kappa shape index (κ2) is 3.58. The van der Waals surface area contributed by atoms with Crippen molar-refractivity contribution < 1.29 is 0 Å². The van der Waals surface area contributed by atoms with Crippen LogP contribution in [0.25, 0.3) is 11.2 Å². The molecule has 2 aromatic rings. The first-order valence-electron chi connectivity index (χ1n) is 5.06. The summed E-state index contributed by atoms with van der Waals surface area (Å²) in [4.78, 5) is 15.7. The molecule has 0 saturated carbocycles. The Labute approximate surface area is 88.1 Å². The molecular formula is C10H15N5. The van der Waals surface area contributed by atoms with Crippen molar-refractivity contribution in [2.24, 2.45) is 5.73 Å². The quantitative estimate of drug-likeness (QED) is 0.782. The molecule has 0 radical (unpaired) electrons. The van der Waals surface area contributed by atoms with Crippen LogP contribution >= 0.6 is 0 Å². The van der Waals surface area contributed by atoms with Gasteiger partial charge in [0.25, 0.3) is 0 Å². The highest BCUT2D eigenvalue weighted by molar-refractivity contribution is 5.69. The molecule has 2 aromatic heterocycles. The van der Waals surface area contributed by atoms with Gasteiger partial charge in [0.1, 0.15) is 17.7 Å². The molecule has 15 heavy (non-hydrogen) atoms. The number of hydrogen-bond acceptors (Lipinski definition) is 4. The highest BCUT2D eigenvalue weighted by Gasteiger charge is 2.26. The summed E-state index contributed by atoms with van der Waals surface area (Å²) in [5.74, 6) is 0.892. The fourth-order valence-electron chi connectivity index (χ4n) is 1.46. The fraction of sp³-hybridized carbons (Fsp3) is 0.500. The van der Waals surface area contributed by atoms with Gasteiger partial charge in [0.05, 0.1) is 6.20 Å². The van der Waals surface area contributed by atoms with Crippen LogP contribution in [0.1, 0.15) is 26.1 Å². The molecule has 0 spiro atoms. The second-order valence-corrected chi connectivity index (χ2v) is 3.96. The summed E-state index contributed by atoms with van der Waals surface area (Å²) < 4.78 is 0. The van der Waals surface area contributed by atoms with Crippen molar-refractivity contribution in [3.63, 3.8) is 0 Å². The van der Waals surface area contributed by atoms with E-state index < -0.39 is 0 Å². The van der Waals surface area contributed by atoms with Gasteiger partial charge in [-0.15, -0.1) is 0 Å². The lowest BCUT2D eigenvalue weighted by Gasteiger charge is -2.23. The van der Waals surface area contributed by atoms with Crippen molar-refractivity contribution >= 4 is 11.2 Å². The molecule has 1 unspecified atom stereocenters. The van der Waals surface area contributed by atoms with Gasteiger partial charge in [0, 0.05) is 12.0 Å². The number of aromatic nitrogens is 4. The zero-order valence-corrected chi connectivity index (χ0v) is 8.99. The van der Waals surface area contributed by atoms with Crippen LogP contribution in [0.2, 0.25) is 0 Å². The van der Waals surface area contributed by atoms with Crippen molar-refractivity contribution in [3.8, 4) is 0 Å². The monoisotopic (exact) mass is 205 g/mol. The largest absolute Gasteiger partial charge is 0.339 e. The van der Waals surface area contributed by atoms with E-state index in [4.69, 9.17) is 5.73 Å². The number of rotatable bonds is 3. The van der Waals surface area contributed by atoms with Crippen LogP contribution < -0.4 is 5.73 Å². The van der Waals surface area contributed by atoms with Crippen LogP contribution in [0.15, 0.2) is 12.5 Å². The average Bonchev–Trinajstić information content (AvgIpc) is 2.72. The lowest BCUT2D eigenvalue weighted by atomic mass is 9.87. The van der Waals surface area contributed by atoms with Crippen LogP contribution in [-0.4, -0.2) is 26.5 Å². The Morgan fingerprint density at radius 1 is 1.53 bits per heavy atom. The van der Waals surface area contributed by atoms with Crippen molar-refractivity contribution in [1.82, 2.24) is 19.9 Å². The van der Waals surface area contributed by atoms with Crippen molar-refractivity contribution in [2.45, 2.75) is 25.7 Å². The summed E-state index contributed by atoms with van der Waals surface area (Å²) >= 11 is 0. The number of nitrogens with one attached hydrogen (secondary N) is 1. The smallest absolute Gasteiger partial charge is 0.180 e. The predicted octanol–water partition coefficient (Wildman–Crippen LogP) is 0.979. The summed E-state index contributed by atoms with van der Waals surface area (Å²) in [6, 6.07) is 0. The van der Waals surface area contributed by atoms with Gasteiger partial charge in [0.15, 0.2) is 5.65 Å². The fourth-order valence-corrected chi connectivity index (χ4v) is 1.46. The summed E-state index contributed by atoms with van der Waals surface area (Å²) in [6.45, 7) is 4.76. The highest BCUT2D eigenvalue weighted by atomic mass is 15.0. The van der Waals surface area contributed by atoms with E-state index in [-0.39, 0.29) is 5.41 Å². The molecule has 0 aromatic carbocycles. The van der Waals surface area contributed by atoms with Gasteiger partial charge in [-0.1, -0.05) is 13.8 Å². The first-order chi connectivity index (χ1) is 7.19. The Morgan fingerprint density at radius 3 is 2.93 bits per heavy atom. The van der Waals surface area contributed by atoms with Crippen molar-refractivity contribution in [2.75, 3.05) is 6.54 Å². The normalized spacial score (nSPS) is 15.4. The first-order valence-corrected chi connectivity index (χ1v) is 5.06. The molecule has 2 heterocycles. The highest BCUT2D eigenvalue weighted by Crippen LogP contribution is 2.24. The van der Waals surface area contributed by atoms with Crippen LogP contribution in [0.3, 0.4) is 0 Å². The van der Waals surface area contributed by atoms with E-state index in [1.807, 2.05) is 0 Å². The first kappa shape index (κ1) is 10.0. The molecule has 3 N–H and O–H groups in total. The number of imidazole rings is 1. The Morgan fingerprint density at radius 2 is 2.33 bits per heavy atom. The topological polar surface area (TPSA) is 80.5 Å². The third kappa shape index (κ3) is 1.59. The number of nitrogens with zero attached hydrogens (tertiary/aromatic N) is 3. The van der Waals surface area contributed by atoms with Gasteiger partial charge in [-0.05, 0) is 6.42 Å². The summed E-state index contributed by atoms with van der Waals surface area (Å²) in [5.41, 5.74) is 7.23. The molecule has 5 nitrogen and oxygen atoms in total. The van der Waals surface area contributed by atoms with E-state index in [1.54, 1.807) is 6.20 Å². The Bertz CT molecular complexity index is 425. The lowest BCUT2D eigenvalue weighted by molar-refractivity contribution is 0.443.